The van der Waals surface area contributed by atoms with Crippen LogP contribution in [0.2, 0.25) is 5.02 Å². The van der Waals surface area contributed by atoms with Gasteiger partial charge in [0.1, 0.15) is 5.82 Å². The molecule has 1 aliphatic rings. The normalized spacial score (nSPS) is 22.2. The predicted molar refractivity (Wildman–Crippen MR) is 59.3 cm³/mol. The van der Waals surface area contributed by atoms with Gasteiger partial charge >= 0.3 is 0 Å². The van der Waals surface area contributed by atoms with Crippen LogP contribution in [0.4, 0.5) is 4.39 Å². The lowest BCUT2D eigenvalue weighted by molar-refractivity contribution is 0.321. The zero-order valence-corrected chi connectivity index (χ0v) is 9.17. The molecule has 2 nitrogen and oxygen atoms in total. The Morgan fingerprint density at radius 3 is 2.93 bits per heavy atom. The van der Waals surface area contributed by atoms with Crippen molar-refractivity contribution in [2.24, 2.45) is 5.73 Å². The van der Waals surface area contributed by atoms with Gasteiger partial charge in [-0.1, -0.05) is 17.7 Å². The molecule has 0 aliphatic carbocycles. The first-order valence-electron chi connectivity index (χ1n) is 5.07. The number of hydrogen-bond donors (Lipinski definition) is 1. The second-order valence-electron chi connectivity index (χ2n) is 4.02. The summed E-state index contributed by atoms with van der Waals surface area (Å²) in [6, 6.07) is 5.05. The number of halogens is 2. The first-order valence-corrected chi connectivity index (χ1v) is 5.45. The van der Waals surface area contributed by atoms with E-state index in [1.165, 1.54) is 6.07 Å². The van der Waals surface area contributed by atoms with Crippen LogP contribution in [0.3, 0.4) is 0 Å². The number of nitrogens with two attached hydrogens (primary N) is 1. The average Bonchev–Trinajstić information content (AvgIpc) is 2.56. The number of rotatable bonds is 2. The molecule has 0 amide bonds. The van der Waals surface area contributed by atoms with Crippen molar-refractivity contribution in [3.63, 3.8) is 0 Å². The molecule has 1 atom stereocenters. The van der Waals surface area contributed by atoms with Crippen LogP contribution in [0.1, 0.15) is 12.0 Å². The molecule has 1 aromatic carbocycles. The minimum atomic E-state index is -0.233. The monoisotopic (exact) mass is 228 g/mol. The molecule has 0 radical (unpaired) electrons. The van der Waals surface area contributed by atoms with Gasteiger partial charge in [-0.2, -0.15) is 0 Å². The van der Waals surface area contributed by atoms with Crippen LogP contribution in [0.15, 0.2) is 18.2 Å². The Kier molecular flexibility index (Phi) is 3.24. The van der Waals surface area contributed by atoms with Gasteiger partial charge in [0.2, 0.25) is 0 Å². The molecule has 1 saturated heterocycles. The quantitative estimate of drug-likeness (QED) is 0.839. The standard InChI is InChI=1S/C11H14ClFN2/c12-9-2-1-8(11(13)5-9)6-15-4-3-10(14)7-15/h1-2,5,10H,3-4,6-7,14H2. The Balaban J connectivity index is 2.04. The van der Waals surface area contributed by atoms with Gasteiger partial charge < -0.3 is 5.73 Å². The summed E-state index contributed by atoms with van der Waals surface area (Å²) in [5.41, 5.74) is 6.47. The molecule has 1 aliphatic heterocycles. The van der Waals surface area contributed by atoms with Crippen molar-refractivity contribution in [3.8, 4) is 0 Å². The van der Waals surface area contributed by atoms with E-state index >= 15 is 0 Å². The van der Waals surface area contributed by atoms with E-state index in [4.69, 9.17) is 17.3 Å². The molecule has 0 spiro atoms. The summed E-state index contributed by atoms with van der Waals surface area (Å²) in [7, 11) is 0. The molecule has 2 N–H and O–H groups in total. The lowest BCUT2D eigenvalue weighted by atomic mass is 10.2. The van der Waals surface area contributed by atoms with E-state index in [-0.39, 0.29) is 11.9 Å². The third kappa shape index (κ3) is 2.68. The van der Waals surface area contributed by atoms with Crippen molar-refractivity contribution in [1.29, 1.82) is 0 Å². The van der Waals surface area contributed by atoms with E-state index in [2.05, 4.69) is 4.90 Å². The molecule has 1 aromatic rings. The van der Waals surface area contributed by atoms with Crippen LogP contribution < -0.4 is 5.73 Å². The van der Waals surface area contributed by atoms with Crippen molar-refractivity contribution in [1.82, 2.24) is 4.90 Å². The van der Waals surface area contributed by atoms with Gasteiger partial charge in [0, 0.05) is 36.3 Å². The first kappa shape index (κ1) is 10.9. The SMILES string of the molecule is NC1CCN(Cc2ccc(Cl)cc2F)C1. The third-order valence-corrected chi connectivity index (χ3v) is 2.95. The molecule has 82 valence electrons. The van der Waals surface area contributed by atoms with Gasteiger partial charge in [0.05, 0.1) is 0 Å². The van der Waals surface area contributed by atoms with Crippen LogP contribution in [0.5, 0.6) is 0 Å². The van der Waals surface area contributed by atoms with Crippen molar-refractivity contribution in [3.05, 3.63) is 34.6 Å². The van der Waals surface area contributed by atoms with Gasteiger partial charge in [-0.15, -0.1) is 0 Å². The summed E-state index contributed by atoms with van der Waals surface area (Å²) in [6.45, 7) is 2.42. The largest absolute Gasteiger partial charge is 0.326 e. The van der Waals surface area contributed by atoms with E-state index in [0.717, 1.165) is 19.5 Å². The lowest BCUT2D eigenvalue weighted by Crippen LogP contribution is -2.26. The summed E-state index contributed by atoms with van der Waals surface area (Å²) in [4.78, 5) is 2.16. The highest BCUT2D eigenvalue weighted by atomic mass is 35.5. The highest BCUT2D eigenvalue weighted by Crippen LogP contribution is 2.18. The smallest absolute Gasteiger partial charge is 0.129 e. The van der Waals surface area contributed by atoms with Gasteiger partial charge in [0.25, 0.3) is 0 Å². The van der Waals surface area contributed by atoms with Gasteiger partial charge in [-0.05, 0) is 18.6 Å². The number of hydrogen-bond acceptors (Lipinski definition) is 2. The lowest BCUT2D eigenvalue weighted by Gasteiger charge is -2.15. The summed E-state index contributed by atoms with van der Waals surface area (Å²) in [5.74, 6) is -0.233. The Bertz CT molecular complexity index is 356. The molecular weight excluding hydrogens is 215 g/mol. The minimum Gasteiger partial charge on any atom is -0.326 e. The average molecular weight is 229 g/mol. The van der Waals surface area contributed by atoms with Crippen molar-refractivity contribution in [2.45, 2.75) is 19.0 Å². The summed E-state index contributed by atoms with van der Waals surface area (Å²) >= 11 is 5.68. The molecule has 0 bridgehead atoms. The van der Waals surface area contributed by atoms with E-state index in [0.29, 0.717) is 17.1 Å². The zero-order valence-electron chi connectivity index (χ0n) is 8.42. The number of nitrogens with zero attached hydrogens (tertiary/aromatic N) is 1. The van der Waals surface area contributed by atoms with E-state index in [9.17, 15) is 4.39 Å². The van der Waals surface area contributed by atoms with Gasteiger partial charge in [-0.3, -0.25) is 4.90 Å². The fraction of sp³-hybridized carbons (Fsp3) is 0.455. The highest BCUT2D eigenvalue weighted by Gasteiger charge is 2.19. The predicted octanol–water partition coefficient (Wildman–Crippen LogP) is 2.01. The molecule has 4 heteroatoms. The van der Waals surface area contributed by atoms with E-state index in [1.54, 1.807) is 12.1 Å². The molecular formula is C11H14ClFN2. The van der Waals surface area contributed by atoms with Crippen molar-refractivity contribution >= 4 is 11.6 Å². The number of likely N-dealkylation sites (tertiary alicyclic amines) is 1. The highest BCUT2D eigenvalue weighted by molar-refractivity contribution is 6.30. The molecule has 0 aromatic heterocycles. The van der Waals surface area contributed by atoms with Crippen LogP contribution in [0.25, 0.3) is 0 Å². The molecule has 1 unspecified atom stereocenters. The Morgan fingerprint density at radius 2 is 2.33 bits per heavy atom. The fourth-order valence-electron chi connectivity index (χ4n) is 1.90. The molecule has 1 heterocycles. The molecule has 15 heavy (non-hydrogen) atoms. The molecule has 1 fully saturated rings. The number of benzene rings is 1. The first-order chi connectivity index (χ1) is 7.15. The topological polar surface area (TPSA) is 29.3 Å². The van der Waals surface area contributed by atoms with Crippen LogP contribution in [-0.2, 0) is 6.54 Å². The second kappa shape index (κ2) is 4.47. The Morgan fingerprint density at radius 1 is 1.53 bits per heavy atom. The van der Waals surface area contributed by atoms with Gasteiger partial charge in [0.15, 0.2) is 0 Å². The van der Waals surface area contributed by atoms with Crippen LogP contribution >= 0.6 is 11.6 Å². The molecule has 0 saturated carbocycles. The summed E-state index contributed by atoms with van der Waals surface area (Å²) < 4.78 is 13.5. The van der Waals surface area contributed by atoms with E-state index < -0.39 is 0 Å². The summed E-state index contributed by atoms with van der Waals surface area (Å²) in [5, 5.41) is 0.439. The molecule has 2 rings (SSSR count). The maximum Gasteiger partial charge on any atom is 0.129 e. The van der Waals surface area contributed by atoms with Crippen LogP contribution in [0, 0.1) is 5.82 Å². The summed E-state index contributed by atoms with van der Waals surface area (Å²) in [6.07, 6.45) is 0.995. The van der Waals surface area contributed by atoms with Crippen LogP contribution in [-0.4, -0.2) is 24.0 Å². The third-order valence-electron chi connectivity index (χ3n) is 2.72. The Hall–Kier alpha value is -0.640. The second-order valence-corrected chi connectivity index (χ2v) is 4.46. The minimum absolute atomic E-state index is 0.233. The van der Waals surface area contributed by atoms with Crippen molar-refractivity contribution in [2.75, 3.05) is 13.1 Å². The van der Waals surface area contributed by atoms with Gasteiger partial charge in [-0.25, -0.2) is 4.39 Å². The fourth-order valence-corrected chi connectivity index (χ4v) is 2.06. The van der Waals surface area contributed by atoms with Crippen molar-refractivity contribution < 1.29 is 4.39 Å². The maximum absolute atomic E-state index is 13.5. The maximum atomic E-state index is 13.5. The Labute approximate surface area is 93.8 Å². The zero-order chi connectivity index (χ0) is 10.8. The van der Waals surface area contributed by atoms with E-state index in [1.807, 2.05) is 0 Å².